The third kappa shape index (κ3) is 6.31. The van der Waals surface area contributed by atoms with Crippen molar-refractivity contribution in [3.05, 3.63) is 29.8 Å². The van der Waals surface area contributed by atoms with E-state index >= 15 is 0 Å². The van der Waals surface area contributed by atoms with Gasteiger partial charge < -0.3 is 15.4 Å². The van der Waals surface area contributed by atoms with Crippen LogP contribution in [0.4, 0.5) is 0 Å². The van der Waals surface area contributed by atoms with Crippen LogP contribution in [-0.2, 0) is 17.2 Å². The van der Waals surface area contributed by atoms with E-state index in [1.165, 1.54) is 5.56 Å². The maximum atomic E-state index is 12.1. The van der Waals surface area contributed by atoms with Gasteiger partial charge in [-0.25, -0.2) is 0 Å². The van der Waals surface area contributed by atoms with Gasteiger partial charge in [0.2, 0.25) is 0 Å². The van der Waals surface area contributed by atoms with Crippen LogP contribution in [0.1, 0.15) is 45.1 Å². The molecule has 0 radical (unpaired) electrons. The Labute approximate surface area is 160 Å². The summed E-state index contributed by atoms with van der Waals surface area (Å²) in [6.07, 6.45) is 5.15. The first kappa shape index (κ1) is 20.7. The number of nitrogens with zero attached hydrogens (tertiary/aromatic N) is 1. The Kier molecular flexibility index (Phi) is 8.95. The van der Waals surface area contributed by atoms with Gasteiger partial charge >= 0.3 is 0 Å². The number of aliphatic imine (C=N–C) groups is 1. The molecule has 2 rings (SSSR count). The fraction of sp³-hybridized carbons (Fsp3) is 0.650. The van der Waals surface area contributed by atoms with E-state index < -0.39 is 10.8 Å². The van der Waals surface area contributed by atoms with Crippen LogP contribution >= 0.6 is 0 Å². The maximum Gasteiger partial charge on any atom is 0.191 e. The maximum absolute atomic E-state index is 12.1. The summed E-state index contributed by atoms with van der Waals surface area (Å²) in [5.74, 6) is 2.53. The molecule has 3 unspecified atom stereocenters. The molecule has 6 heteroatoms. The summed E-state index contributed by atoms with van der Waals surface area (Å²) in [7, 11) is 1.00. The van der Waals surface area contributed by atoms with Crippen molar-refractivity contribution in [3.63, 3.8) is 0 Å². The summed E-state index contributed by atoms with van der Waals surface area (Å²) in [6, 6.07) is 8.44. The Balaban J connectivity index is 1.92. The van der Waals surface area contributed by atoms with Crippen molar-refractivity contribution in [3.8, 4) is 5.75 Å². The minimum atomic E-state index is -0.701. The average Bonchev–Trinajstić information content (AvgIpc) is 2.68. The van der Waals surface area contributed by atoms with Crippen LogP contribution in [0.2, 0.25) is 0 Å². The lowest BCUT2D eigenvalue weighted by Crippen LogP contribution is -2.46. The number of ether oxygens (including phenoxy) is 1. The van der Waals surface area contributed by atoms with Gasteiger partial charge in [0.15, 0.2) is 5.96 Å². The molecule has 0 aliphatic heterocycles. The van der Waals surface area contributed by atoms with Crippen LogP contribution in [0, 0.1) is 0 Å². The third-order valence-corrected chi connectivity index (χ3v) is 6.55. The normalized spacial score (nSPS) is 21.9. The number of hydrogen-bond acceptors (Lipinski definition) is 3. The van der Waals surface area contributed by atoms with Crippen molar-refractivity contribution >= 4 is 16.8 Å². The zero-order chi connectivity index (χ0) is 18.8. The summed E-state index contributed by atoms with van der Waals surface area (Å²) in [5.41, 5.74) is 1.17. The minimum Gasteiger partial charge on any atom is -0.496 e. The lowest BCUT2D eigenvalue weighted by molar-refractivity contribution is 0.409. The summed E-state index contributed by atoms with van der Waals surface area (Å²) < 4.78 is 17.5. The zero-order valence-corrected chi connectivity index (χ0v) is 17.1. The fourth-order valence-electron chi connectivity index (χ4n) is 3.46. The zero-order valence-electron chi connectivity index (χ0n) is 16.3. The molecule has 1 aromatic rings. The molecule has 146 valence electrons. The number of nitrogens with one attached hydrogen (secondary N) is 2. The molecule has 0 heterocycles. The van der Waals surface area contributed by atoms with Gasteiger partial charge in [-0.2, -0.15) is 0 Å². The van der Waals surface area contributed by atoms with E-state index in [2.05, 4.69) is 23.6 Å². The highest BCUT2D eigenvalue weighted by atomic mass is 32.2. The highest BCUT2D eigenvalue weighted by Crippen LogP contribution is 2.23. The lowest BCUT2D eigenvalue weighted by Gasteiger charge is -2.30. The standard InChI is InChI=1S/C20H33N3O2S/c1-4-21-20(22-14-13-16-9-6-7-12-19(16)25-3)23-17-10-8-11-18(15-17)26(24)5-2/h6-7,9,12,17-18H,4-5,8,10-11,13-15H2,1-3H3,(H2,21,22,23). The fourth-order valence-corrected chi connectivity index (χ4v) is 4.81. The Morgan fingerprint density at radius 3 is 2.85 bits per heavy atom. The van der Waals surface area contributed by atoms with Crippen LogP contribution in [-0.4, -0.2) is 47.4 Å². The third-order valence-electron chi connectivity index (χ3n) is 4.81. The molecular weight excluding hydrogens is 346 g/mol. The van der Waals surface area contributed by atoms with E-state index in [9.17, 15) is 4.21 Å². The SMILES string of the molecule is CCNC(=NCCc1ccccc1OC)NC1CCCC(S(=O)CC)C1. The first-order valence-electron chi connectivity index (χ1n) is 9.71. The molecule has 5 nitrogen and oxygen atoms in total. The first-order valence-corrected chi connectivity index (χ1v) is 11.1. The summed E-state index contributed by atoms with van der Waals surface area (Å²) in [4.78, 5) is 4.73. The average molecular weight is 380 g/mol. The van der Waals surface area contributed by atoms with Crippen molar-refractivity contribution in [1.82, 2.24) is 10.6 Å². The second-order valence-corrected chi connectivity index (χ2v) is 8.63. The quantitative estimate of drug-likeness (QED) is 0.539. The molecule has 0 aromatic heterocycles. The van der Waals surface area contributed by atoms with Crippen molar-refractivity contribution in [2.24, 2.45) is 4.99 Å². The smallest absolute Gasteiger partial charge is 0.191 e. The van der Waals surface area contributed by atoms with E-state index in [4.69, 9.17) is 9.73 Å². The molecule has 0 bridgehead atoms. The van der Waals surface area contributed by atoms with Crippen LogP contribution in [0.15, 0.2) is 29.3 Å². The molecule has 1 aromatic carbocycles. The highest BCUT2D eigenvalue weighted by Gasteiger charge is 2.25. The predicted molar refractivity (Wildman–Crippen MR) is 111 cm³/mol. The Bertz CT molecular complexity index is 606. The van der Waals surface area contributed by atoms with E-state index in [0.717, 1.165) is 56.1 Å². The van der Waals surface area contributed by atoms with Crippen LogP contribution in [0.5, 0.6) is 5.75 Å². The molecular formula is C20H33N3O2S. The van der Waals surface area contributed by atoms with Crippen LogP contribution in [0.3, 0.4) is 0 Å². The topological polar surface area (TPSA) is 62.7 Å². The second-order valence-electron chi connectivity index (χ2n) is 6.62. The van der Waals surface area contributed by atoms with Gasteiger partial charge in [-0.05, 0) is 44.2 Å². The van der Waals surface area contributed by atoms with Crippen LogP contribution < -0.4 is 15.4 Å². The van der Waals surface area contributed by atoms with Gasteiger partial charge in [-0.3, -0.25) is 9.20 Å². The molecule has 1 aliphatic rings. The van der Waals surface area contributed by atoms with Gasteiger partial charge in [0.05, 0.1) is 7.11 Å². The van der Waals surface area contributed by atoms with Gasteiger partial charge in [0.1, 0.15) is 5.75 Å². The minimum absolute atomic E-state index is 0.322. The molecule has 1 fully saturated rings. The van der Waals surface area contributed by atoms with E-state index in [1.54, 1.807) is 7.11 Å². The molecule has 0 saturated heterocycles. The van der Waals surface area contributed by atoms with Crippen molar-refractivity contribution in [2.75, 3.05) is 26.0 Å². The first-order chi connectivity index (χ1) is 12.7. The molecule has 1 saturated carbocycles. The molecule has 2 N–H and O–H groups in total. The number of para-hydroxylation sites is 1. The summed E-state index contributed by atoms with van der Waals surface area (Å²) in [6.45, 7) is 5.62. The molecule has 0 amide bonds. The Morgan fingerprint density at radius 2 is 2.12 bits per heavy atom. The number of guanidine groups is 1. The van der Waals surface area contributed by atoms with E-state index in [1.807, 2.05) is 25.1 Å². The molecule has 0 spiro atoms. The summed E-state index contributed by atoms with van der Waals surface area (Å²) >= 11 is 0. The Morgan fingerprint density at radius 1 is 1.31 bits per heavy atom. The largest absolute Gasteiger partial charge is 0.496 e. The van der Waals surface area contributed by atoms with Crippen molar-refractivity contribution in [1.29, 1.82) is 0 Å². The molecule has 3 atom stereocenters. The predicted octanol–water partition coefficient (Wildman–Crippen LogP) is 2.87. The lowest BCUT2D eigenvalue weighted by atomic mass is 9.95. The Hall–Kier alpha value is -1.56. The van der Waals surface area contributed by atoms with E-state index in [-0.39, 0.29) is 0 Å². The summed E-state index contributed by atoms with van der Waals surface area (Å²) in [5, 5.41) is 7.21. The molecule has 1 aliphatic carbocycles. The number of methoxy groups -OCH3 is 1. The number of rotatable bonds is 8. The second kappa shape index (κ2) is 11.2. The van der Waals surface area contributed by atoms with Gasteiger partial charge in [0, 0.05) is 40.9 Å². The monoisotopic (exact) mass is 379 g/mol. The molecule has 26 heavy (non-hydrogen) atoms. The van der Waals surface area contributed by atoms with Crippen molar-refractivity contribution < 1.29 is 8.95 Å². The van der Waals surface area contributed by atoms with Crippen molar-refractivity contribution in [2.45, 2.75) is 57.2 Å². The number of benzene rings is 1. The van der Waals surface area contributed by atoms with Crippen LogP contribution in [0.25, 0.3) is 0 Å². The van der Waals surface area contributed by atoms with Gasteiger partial charge in [-0.15, -0.1) is 0 Å². The van der Waals surface area contributed by atoms with Gasteiger partial charge in [0.25, 0.3) is 0 Å². The van der Waals surface area contributed by atoms with E-state index in [0.29, 0.717) is 17.8 Å². The number of hydrogen-bond donors (Lipinski definition) is 2. The van der Waals surface area contributed by atoms with Gasteiger partial charge in [-0.1, -0.05) is 31.5 Å². The highest BCUT2D eigenvalue weighted by molar-refractivity contribution is 7.85.